The van der Waals surface area contributed by atoms with Gasteiger partial charge in [0, 0.05) is 6.54 Å². The van der Waals surface area contributed by atoms with Crippen LogP contribution in [0.4, 0.5) is 0 Å². The quantitative estimate of drug-likeness (QED) is 0.740. The van der Waals surface area contributed by atoms with E-state index in [1.54, 1.807) is 7.05 Å². The van der Waals surface area contributed by atoms with Crippen LogP contribution in [0, 0.1) is 6.92 Å². The zero-order valence-electron chi connectivity index (χ0n) is 8.93. The Morgan fingerprint density at radius 1 is 1.67 bits per heavy atom. The highest BCUT2D eigenvalue weighted by Crippen LogP contribution is 2.08. The van der Waals surface area contributed by atoms with Gasteiger partial charge in [0.05, 0.1) is 6.54 Å². The summed E-state index contributed by atoms with van der Waals surface area (Å²) < 4.78 is 5.37. The number of carboxylic acids is 1. The highest BCUT2D eigenvalue weighted by Gasteiger charge is 2.14. The van der Waals surface area contributed by atoms with Crippen molar-refractivity contribution in [1.29, 1.82) is 0 Å². The maximum absolute atomic E-state index is 10.5. The molecule has 1 unspecified atom stereocenters. The van der Waals surface area contributed by atoms with Crippen LogP contribution in [0.3, 0.4) is 0 Å². The lowest BCUT2D eigenvalue weighted by atomic mass is 10.3. The number of furan rings is 1. The second kappa shape index (κ2) is 4.95. The zero-order chi connectivity index (χ0) is 11.4. The molecule has 5 nitrogen and oxygen atoms in total. The molecule has 0 saturated carbocycles. The van der Waals surface area contributed by atoms with E-state index in [0.717, 1.165) is 11.5 Å². The van der Waals surface area contributed by atoms with Gasteiger partial charge in [-0.25, -0.2) is 0 Å². The van der Waals surface area contributed by atoms with Crippen LogP contribution in [0.25, 0.3) is 0 Å². The zero-order valence-corrected chi connectivity index (χ0v) is 8.93. The Morgan fingerprint density at radius 2 is 2.33 bits per heavy atom. The molecule has 1 atom stereocenters. The van der Waals surface area contributed by atoms with Crippen LogP contribution in [-0.4, -0.2) is 35.6 Å². The van der Waals surface area contributed by atoms with Crippen LogP contribution in [0.1, 0.15) is 11.5 Å². The number of nitrogens with zero attached hydrogens (tertiary/aromatic N) is 1. The molecule has 0 bridgehead atoms. The molecule has 1 rings (SSSR count). The van der Waals surface area contributed by atoms with E-state index in [-0.39, 0.29) is 0 Å². The minimum absolute atomic E-state index is 0.301. The van der Waals surface area contributed by atoms with E-state index in [2.05, 4.69) is 0 Å². The van der Waals surface area contributed by atoms with E-state index in [4.69, 9.17) is 15.3 Å². The lowest BCUT2D eigenvalue weighted by Crippen LogP contribution is -2.40. The van der Waals surface area contributed by atoms with Gasteiger partial charge < -0.3 is 15.3 Å². The van der Waals surface area contributed by atoms with Crippen LogP contribution >= 0.6 is 0 Å². The third-order valence-corrected chi connectivity index (χ3v) is 2.05. The number of nitrogens with two attached hydrogens (primary N) is 1. The molecule has 1 heterocycles. The van der Waals surface area contributed by atoms with Crippen LogP contribution in [-0.2, 0) is 11.3 Å². The molecule has 0 radical (unpaired) electrons. The minimum atomic E-state index is -0.988. The Bertz CT molecular complexity index is 335. The summed E-state index contributed by atoms with van der Waals surface area (Å²) in [5, 5.41) is 8.63. The number of carboxylic acid groups (broad SMARTS) is 1. The maximum atomic E-state index is 10.5. The van der Waals surface area contributed by atoms with Gasteiger partial charge >= 0.3 is 5.97 Å². The number of hydrogen-bond donors (Lipinski definition) is 2. The van der Waals surface area contributed by atoms with E-state index >= 15 is 0 Å². The number of aliphatic carboxylic acids is 1. The molecule has 0 aliphatic carbocycles. The average Bonchev–Trinajstić information content (AvgIpc) is 2.50. The van der Waals surface area contributed by atoms with Gasteiger partial charge in [0.15, 0.2) is 0 Å². The molecule has 0 fully saturated rings. The lowest BCUT2D eigenvalue weighted by molar-refractivity contribution is -0.138. The number of rotatable bonds is 5. The van der Waals surface area contributed by atoms with Crippen molar-refractivity contribution in [3.8, 4) is 0 Å². The summed E-state index contributed by atoms with van der Waals surface area (Å²) in [6.45, 7) is 2.73. The van der Waals surface area contributed by atoms with Crippen molar-refractivity contribution in [1.82, 2.24) is 4.90 Å². The summed E-state index contributed by atoms with van der Waals surface area (Å²) in [5.41, 5.74) is 5.40. The number of aryl methyl sites for hydroxylation is 1. The van der Waals surface area contributed by atoms with Crippen LogP contribution in [0.5, 0.6) is 0 Å². The Balaban J connectivity index is 2.42. The van der Waals surface area contributed by atoms with Crippen molar-refractivity contribution in [3.05, 3.63) is 23.7 Å². The number of carbonyl (C=O) groups is 1. The van der Waals surface area contributed by atoms with Crippen molar-refractivity contribution in [2.75, 3.05) is 13.6 Å². The summed E-state index contributed by atoms with van der Waals surface area (Å²) in [4.78, 5) is 12.3. The summed E-state index contributed by atoms with van der Waals surface area (Å²) in [5.74, 6) is 0.672. The first-order valence-electron chi connectivity index (χ1n) is 4.71. The number of likely N-dealkylation sites (N-methyl/N-ethyl adjacent to an activating group) is 1. The molecule has 5 heteroatoms. The standard InChI is InChI=1S/C10H16N2O3/c1-7-3-4-8(15-7)5-12(2)6-9(11)10(13)14/h3-4,9H,5-6,11H2,1-2H3,(H,13,14). The molecule has 0 aromatic carbocycles. The fraction of sp³-hybridized carbons (Fsp3) is 0.500. The predicted molar refractivity (Wildman–Crippen MR) is 55.4 cm³/mol. The second-order valence-corrected chi connectivity index (χ2v) is 3.65. The van der Waals surface area contributed by atoms with Crippen molar-refractivity contribution in [2.24, 2.45) is 5.73 Å². The summed E-state index contributed by atoms with van der Waals surface area (Å²) in [7, 11) is 1.81. The van der Waals surface area contributed by atoms with Gasteiger partial charge in [-0.15, -0.1) is 0 Å². The molecule has 84 valence electrons. The van der Waals surface area contributed by atoms with Gasteiger partial charge in [-0.3, -0.25) is 9.69 Å². The summed E-state index contributed by atoms with van der Waals surface area (Å²) in [6, 6.07) is 2.89. The first-order chi connectivity index (χ1) is 6.99. The average molecular weight is 212 g/mol. The lowest BCUT2D eigenvalue weighted by Gasteiger charge is -2.17. The number of hydrogen-bond acceptors (Lipinski definition) is 4. The molecule has 1 aromatic heterocycles. The third-order valence-electron chi connectivity index (χ3n) is 2.05. The van der Waals surface area contributed by atoms with Gasteiger partial charge in [-0.2, -0.15) is 0 Å². The predicted octanol–water partition coefficient (Wildman–Crippen LogP) is 0.432. The van der Waals surface area contributed by atoms with Crippen molar-refractivity contribution >= 4 is 5.97 Å². The largest absolute Gasteiger partial charge is 0.480 e. The Kier molecular flexibility index (Phi) is 3.88. The maximum Gasteiger partial charge on any atom is 0.321 e. The van der Waals surface area contributed by atoms with E-state index < -0.39 is 12.0 Å². The highest BCUT2D eigenvalue weighted by molar-refractivity contribution is 5.73. The van der Waals surface area contributed by atoms with E-state index in [1.165, 1.54) is 0 Å². The first-order valence-corrected chi connectivity index (χ1v) is 4.71. The van der Waals surface area contributed by atoms with Crippen LogP contribution < -0.4 is 5.73 Å². The van der Waals surface area contributed by atoms with E-state index in [9.17, 15) is 4.79 Å². The van der Waals surface area contributed by atoms with E-state index in [0.29, 0.717) is 13.1 Å². The molecule has 15 heavy (non-hydrogen) atoms. The first kappa shape index (κ1) is 11.7. The minimum Gasteiger partial charge on any atom is -0.480 e. The molecule has 1 aromatic rings. The van der Waals surface area contributed by atoms with Gasteiger partial charge in [-0.05, 0) is 26.1 Å². The fourth-order valence-corrected chi connectivity index (χ4v) is 1.31. The molecule has 0 aliphatic heterocycles. The summed E-state index contributed by atoms with van der Waals surface area (Å²) in [6.07, 6.45) is 0. The molecule has 0 aliphatic rings. The van der Waals surface area contributed by atoms with Gasteiger partial charge in [0.1, 0.15) is 17.6 Å². The summed E-state index contributed by atoms with van der Waals surface area (Å²) >= 11 is 0. The van der Waals surface area contributed by atoms with Gasteiger partial charge in [0.2, 0.25) is 0 Å². The third kappa shape index (κ3) is 3.73. The second-order valence-electron chi connectivity index (χ2n) is 3.65. The van der Waals surface area contributed by atoms with Gasteiger partial charge in [0.25, 0.3) is 0 Å². The highest BCUT2D eigenvalue weighted by atomic mass is 16.4. The van der Waals surface area contributed by atoms with Crippen molar-refractivity contribution in [2.45, 2.75) is 19.5 Å². The van der Waals surface area contributed by atoms with Gasteiger partial charge in [-0.1, -0.05) is 0 Å². The molecule has 0 amide bonds. The molecule has 0 saturated heterocycles. The van der Waals surface area contributed by atoms with Crippen LogP contribution in [0.15, 0.2) is 16.5 Å². The van der Waals surface area contributed by atoms with Crippen molar-refractivity contribution < 1.29 is 14.3 Å². The van der Waals surface area contributed by atoms with Crippen molar-refractivity contribution in [3.63, 3.8) is 0 Å². The topological polar surface area (TPSA) is 79.7 Å². The monoisotopic (exact) mass is 212 g/mol. The Hall–Kier alpha value is -1.33. The van der Waals surface area contributed by atoms with Crippen LogP contribution in [0.2, 0.25) is 0 Å². The van der Waals surface area contributed by atoms with E-state index in [1.807, 2.05) is 24.0 Å². The molecular formula is C10H16N2O3. The molecular weight excluding hydrogens is 196 g/mol. The Morgan fingerprint density at radius 3 is 2.80 bits per heavy atom. The molecule has 0 spiro atoms. The Labute approximate surface area is 88.5 Å². The normalized spacial score (nSPS) is 13.1. The fourth-order valence-electron chi connectivity index (χ4n) is 1.31. The SMILES string of the molecule is Cc1ccc(CN(C)CC(N)C(=O)O)o1. The molecule has 3 N–H and O–H groups in total. The smallest absolute Gasteiger partial charge is 0.321 e.